The number of amidine groups is 1. The molecule has 148 valence electrons. The van der Waals surface area contributed by atoms with E-state index in [0.717, 1.165) is 13.1 Å². The standard InChI is InChI=1S/C22H21ClN4O2/c23-19-10-4-5-11-20(19)29-22-18(9-6-12-24-22)21(25-28)27-15-13-26(14-16-27)17-7-2-1-3-8-17/h1-12,28H,13-16H2/b25-21-. The number of piperazine rings is 1. The molecular weight excluding hydrogens is 388 g/mol. The zero-order valence-corrected chi connectivity index (χ0v) is 16.5. The van der Waals surface area contributed by atoms with E-state index in [2.05, 4.69) is 27.2 Å². The summed E-state index contributed by atoms with van der Waals surface area (Å²) < 4.78 is 5.93. The molecule has 0 aliphatic carbocycles. The Hall–Kier alpha value is -3.25. The van der Waals surface area contributed by atoms with Crippen LogP contribution in [0.2, 0.25) is 5.02 Å². The van der Waals surface area contributed by atoms with Crippen molar-refractivity contribution < 1.29 is 9.94 Å². The molecule has 1 fully saturated rings. The number of nitrogens with zero attached hydrogens (tertiary/aromatic N) is 4. The van der Waals surface area contributed by atoms with Gasteiger partial charge in [0.15, 0.2) is 5.84 Å². The summed E-state index contributed by atoms with van der Waals surface area (Å²) in [6.45, 7) is 3.08. The van der Waals surface area contributed by atoms with Crippen molar-refractivity contribution in [2.24, 2.45) is 5.16 Å². The summed E-state index contributed by atoms with van der Waals surface area (Å²) in [5.74, 6) is 1.28. The quantitative estimate of drug-likeness (QED) is 0.298. The van der Waals surface area contributed by atoms with E-state index in [-0.39, 0.29) is 0 Å². The van der Waals surface area contributed by atoms with Gasteiger partial charge in [0, 0.05) is 38.1 Å². The van der Waals surface area contributed by atoms with Crippen molar-refractivity contribution in [1.82, 2.24) is 9.88 Å². The van der Waals surface area contributed by atoms with Crippen LogP contribution in [-0.4, -0.2) is 47.1 Å². The minimum Gasteiger partial charge on any atom is -0.437 e. The summed E-state index contributed by atoms with van der Waals surface area (Å²) in [6, 6.07) is 21.1. The third-order valence-corrected chi connectivity index (χ3v) is 5.16. The molecule has 0 unspecified atom stereocenters. The van der Waals surface area contributed by atoms with Gasteiger partial charge < -0.3 is 19.7 Å². The van der Waals surface area contributed by atoms with Gasteiger partial charge in [-0.25, -0.2) is 4.98 Å². The molecule has 4 rings (SSSR count). The first kappa shape index (κ1) is 19.1. The van der Waals surface area contributed by atoms with E-state index in [1.807, 2.05) is 41.3 Å². The number of oxime groups is 1. The molecule has 6 nitrogen and oxygen atoms in total. The van der Waals surface area contributed by atoms with Crippen molar-refractivity contribution in [1.29, 1.82) is 0 Å². The molecule has 1 N–H and O–H groups in total. The van der Waals surface area contributed by atoms with Crippen LogP contribution >= 0.6 is 11.6 Å². The molecule has 2 aromatic carbocycles. The average Bonchev–Trinajstić information content (AvgIpc) is 2.78. The summed E-state index contributed by atoms with van der Waals surface area (Å²) >= 11 is 6.21. The monoisotopic (exact) mass is 408 g/mol. The van der Waals surface area contributed by atoms with Crippen LogP contribution in [0.1, 0.15) is 5.56 Å². The minimum atomic E-state index is 0.346. The fourth-order valence-corrected chi connectivity index (χ4v) is 3.55. The van der Waals surface area contributed by atoms with Gasteiger partial charge in [0.1, 0.15) is 5.75 Å². The lowest BCUT2D eigenvalue weighted by Crippen LogP contribution is -2.49. The number of para-hydroxylation sites is 2. The van der Waals surface area contributed by atoms with Crippen molar-refractivity contribution in [3.8, 4) is 11.6 Å². The first-order chi connectivity index (χ1) is 14.3. The molecular formula is C22H21ClN4O2. The molecule has 1 aromatic heterocycles. The highest BCUT2D eigenvalue weighted by molar-refractivity contribution is 6.32. The van der Waals surface area contributed by atoms with Gasteiger partial charge in [0.2, 0.25) is 5.88 Å². The van der Waals surface area contributed by atoms with E-state index in [9.17, 15) is 5.21 Å². The number of aromatic nitrogens is 1. The lowest BCUT2D eigenvalue weighted by atomic mass is 10.2. The molecule has 3 aromatic rings. The number of pyridine rings is 1. The topological polar surface area (TPSA) is 61.2 Å². The Balaban J connectivity index is 1.53. The van der Waals surface area contributed by atoms with E-state index < -0.39 is 0 Å². The number of hydrogen-bond donors (Lipinski definition) is 1. The molecule has 0 atom stereocenters. The lowest BCUT2D eigenvalue weighted by molar-refractivity contribution is 0.295. The third-order valence-electron chi connectivity index (χ3n) is 4.85. The average molecular weight is 409 g/mol. The largest absolute Gasteiger partial charge is 0.437 e. The van der Waals surface area contributed by atoms with E-state index in [4.69, 9.17) is 16.3 Å². The Kier molecular flexibility index (Phi) is 5.81. The molecule has 1 saturated heterocycles. The molecule has 0 amide bonds. The number of rotatable bonds is 4. The Morgan fingerprint density at radius 1 is 0.931 bits per heavy atom. The van der Waals surface area contributed by atoms with E-state index in [1.54, 1.807) is 24.4 Å². The van der Waals surface area contributed by atoms with Crippen LogP contribution in [0.5, 0.6) is 11.6 Å². The highest BCUT2D eigenvalue weighted by Crippen LogP contribution is 2.30. The SMILES string of the molecule is O/N=C(/c1cccnc1Oc1ccccc1Cl)N1CCN(c2ccccc2)CC1. The van der Waals surface area contributed by atoms with Crippen LogP contribution < -0.4 is 9.64 Å². The number of ether oxygens (including phenoxy) is 1. The fraction of sp³-hybridized carbons (Fsp3) is 0.182. The van der Waals surface area contributed by atoms with Crippen LogP contribution in [0.4, 0.5) is 5.69 Å². The summed E-state index contributed by atoms with van der Waals surface area (Å²) in [5, 5.41) is 13.8. The smallest absolute Gasteiger partial charge is 0.230 e. The van der Waals surface area contributed by atoms with Crippen molar-refractivity contribution in [2.45, 2.75) is 0 Å². The molecule has 1 aliphatic rings. The van der Waals surface area contributed by atoms with Gasteiger partial charge in [-0.15, -0.1) is 0 Å². The summed E-state index contributed by atoms with van der Waals surface area (Å²) in [6.07, 6.45) is 1.64. The molecule has 0 saturated carbocycles. The van der Waals surface area contributed by atoms with Gasteiger partial charge in [-0.1, -0.05) is 47.1 Å². The van der Waals surface area contributed by atoms with Crippen LogP contribution in [0.3, 0.4) is 0 Å². The number of anilines is 1. The maximum absolute atomic E-state index is 9.78. The second-order valence-corrected chi connectivity index (χ2v) is 7.03. The number of hydrogen-bond acceptors (Lipinski definition) is 5. The van der Waals surface area contributed by atoms with Crippen molar-refractivity contribution >= 4 is 23.1 Å². The molecule has 0 bridgehead atoms. The van der Waals surface area contributed by atoms with Crippen molar-refractivity contribution in [3.05, 3.63) is 83.5 Å². The van der Waals surface area contributed by atoms with E-state index in [1.165, 1.54) is 5.69 Å². The van der Waals surface area contributed by atoms with Crippen molar-refractivity contribution in [3.63, 3.8) is 0 Å². The highest BCUT2D eigenvalue weighted by Gasteiger charge is 2.24. The summed E-state index contributed by atoms with van der Waals surface area (Å²) in [4.78, 5) is 8.68. The van der Waals surface area contributed by atoms with Crippen LogP contribution in [0.15, 0.2) is 78.1 Å². The van der Waals surface area contributed by atoms with E-state index >= 15 is 0 Å². The Morgan fingerprint density at radius 2 is 1.66 bits per heavy atom. The van der Waals surface area contributed by atoms with Gasteiger partial charge >= 0.3 is 0 Å². The normalized spacial score (nSPS) is 14.7. The second-order valence-electron chi connectivity index (χ2n) is 6.62. The Labute approximate surface area is 174 Å². The third kappa shape index (κ3) is 4.27. The second kappa shape index (κ2) is 8.84. The summed E-state index contributed by atoms with van der Waals surface area (Å²) in [5.41, 5.74) is 1.81. The fourth-order valence-electron chi connectivity index (χ4n) is 3.38. The zero-order chi connectivity index (χ0) is 20.1. The Bertz CT molecular complexity index is 989. The highest BCUT2D eigenvalue weighted by atomic mass is 35.5. The molecule has 29 heavy (non-hydrogen) atoms. The lowest BCUT2D eigenvalue weighted by Gasteiger charge is -2.37. The van der Waals surface area contributed by atoms with Gasteiger partial charge in [0.05, 0.1) is 10.6 Å². The maximum atomic E-state index is 9.78. The predicted molar refractivity (Wildman–Crippen MR) is 114 cm³/mol. The number of benzene rings is 2. The molecule has 2 heterocycles. The van der Waals surface area contributed by atoms with Gasteiger partial charge in [-0.05, 0) is 36.4 Å². The molecule has 1 aliphatic heterocycles. The van der Waals surface area contributed by atoms with Gasteiger partial charge in [-0.2, -0.15) is 0 Å². The van der Waals surface area contributed by atoms with Crippen LogP contribution in [-0.2, 0) is 0 Å². The van der Waals surface area contributed by atoms with Gasteiger partial charge in [0.25, 0.3) is 0 Å². The van der Waals surface area contributed by atoms with Gasteiger partial charge in [-0.3, -0.25) is 0 Å². The molecule has 0 spiro atoms. The minimum absolute atomic E-state index is 0.346. The zero-order valence-electron chi connectivity index (χ0n) is 15.8. The van der Waals surface area contributed by atoms with E-state index in [0.29, 0.717) is 41.1 Å². The summed E-state index contributed by atoms with van der Waals surface area (Å²) in [7, 11) is 0. The molecule has 7 heteroatoms. The first-order valence-corrected chi connectivity index (χ1v) is 9.79. The van der Waals surface area contributed by atoms with Crippen LogP contribution in [0.25, 0.3) is 0 Å². The van der Waals surface area contributed by atoms with Crippen LogP contribution in [0, 0.1) is 0 Å². The molecule has 0 radical (unpaired) electrons. The maximum Gasteiger partial charge on any atom is 0.230 e. The first-order valence-electron chi connectivity index (χ1n) is 9.41. The predicted octanol–water partition coefficient (Wildman–Crippen LogP) is 4.49. The Morgan fingerprint density at radius 3 is 2.38 bits per heavy atom. The van der Waals surface area contributed by atoms with Crippen molar-refractivity contribution in [2.75, 3.05) is 31.1 Å². The number of halogens is 1.